The fourth-order valence-electron chi connectivity index (χ4n) is 4.47. The topological polar surface area (TPSA) is 113 Å². The molecule has 1 amide bonds. The first-order valence-corrected chi connectivity index (χ1v) is 16.2. The lowest BCUT2D eigenvalue weighted by molar-refractivity contribution is -0.120. The molecule has 8 nitrogen and oxygen atoms in total. The Balaban J connectivity index is 1.32. The number of sulfonamides is 2. The lowest BCUT2D eigenvalue weighted by Gasteiger charge is -2.31. The van der Waals surface area contributed by atoms with E-state index in [0.717, 1.165) is 11.1 Å². The molecule has 1 aliphatic heterocycles. The van der Waals surface area contributed by atoms with Crippen molar-refractivity contribution in [3.05, 3.63) is 88.9 Å². The third-order valence-corrected chi connectivity index (χ3v) is 10.4. The van der Waals surface area contributed by atoms with Crippen molar-refractivity contribution in [1.29, 1.82) is 0 Å². The molecule has 0 spiro atoms. The number of piperidine rings is 1. The molecule has 1 atom stereocenters. The number of anilines is 2. The summed E-state index contributed by atoms with van der Waals surface area (Å²) in [7, 11) is -7.33. The maximum atomic E-state index is 12.9. The minimum absolute atomic E-state index is 0.0302. The molecule has 0 bridgehead atoms. The van der Waals surface area contributed by atoms with Crippen LogP contribution < -0.4 is 10.0 Å². The molecule has 1 fully saturated rings. The molecule has 3 aromatic carbocycles. The molecule has 1 aliphatic rings. The van der Waals surface area contributed by atoms with Gasteiger partial charge in [-0.1, -0.05) is 48.0 Å². The van der Waals surface area contributed by atoms with Crippen molar-refractivity contribution >= 4 is 48.9 Å². The third kappa shape index (κ3) is 7.82. The number of halogens is 1. The minimum Gasteiger partial charge on any atom is -0.326 e. The Kier molecular flexibility index (Phi) is 9.32. The maximum absolute atomic E-state index is 12.9. The van der Waals surface area contributed by atoms with Crippen LogP contribution in [0, 0.1) is 12.8 Å². The molecular formula is C28H32ClN3O5S2. The zero-order valence-electron chi connectivity index (χ0n) is 21.6. The van der Waals surface area contributed by atoms with E-state index >= 15 is 0 Å². The van der Waals surface area contributed by atoms with E-state index in [-0.39, 0.29) is 23.1 Å². The van der Waals surface area contributed by atoms with Gasteiger partial charge < -0.3 is 5.32 Å². The molecule has 0 aliphatic carbocycles. The van der Waals surface area contributed by atoms with Crippen molar-refractivity contribution in [2.45, 2.75) is 37.5 Å². The Morgan fingerprint density at radius 3 is 2.36 bits per heavy atom. The van der Waals surface area contributed by atoms with Crippen LogP contribution in [-0.4, -0.2) is 45.9 Å². The number of benzene rings is 3. The summed E-state index contributed by atoms with van der Waals surface area (Å²) in [5.74, 6) is -0.740. The van der Waals surface area contributed by atoms with Gasteiger partial charge in [-0.25, -0.2) is 21.1 Å². The van der Waals surface area contributed by atoms with Crippen LogP contribution in [-0.2, 0) is 31.3 Å². The number of carbonyl (C=O) groups excluding carboxylic acids is 1. The predicted octanol–water partition coefficient (Wildman–Crippen LogP) is 5.06. The van der Waals surface area contributed by atoms with Crippen molar-refractivity contribution in [3.8, 4) is 0 Å². The number of aryl methyl sites for hydroxylation is 2. The Labute approximate surface area is 235 Å². The molecule has 39 heavy (non-hydrogen) atoms. The molecule has 0 aromatic heterocycles. The van der Waals surface area contributed by atoms with Gasteiger partial charge in [-0.2, -0.15) is 0 Å². The van der Waals surface area contributed by atoms with Crippen LogP contribution in [0.2, 0.25) is 5.02 Å². The van der Waals surface area contributed by atoms with Gasteiger partial charge in [0.15, 0.2) is 0 Å². The first-order valence-electron chi connectivity index (χ1n) is 12.8. The summed E-state index contributed by atoms with van der Waals surface area (Å²) in [6.07, 6.45) is 2.37. The normalized spacial score (nSPS) is 16.5. The summed E-state index contributed by atoms with van der Waals surface area (Å²) in [6, 6.07) is 20.5. The third-order valence-electron chi connectivity index (χ3n) is 6.72. The first-order chi connectivity index (χ1) is 18.5. The summed E-state index contributed by atoms with van der Waals surface area (Å²) in [5.41, 5.74) is 2.71. The van der Waals surface area contributed by atoms with Gasteiger partial charge in [-0.05, 0) is 80.1 Å². The van der Waals surface area contributed by atoms with Gasteiger partial charge in [-0.3, -0.25) is 9.52 Å². The van der Waals surface area contributed by atoms with Gasteiger partial charge in [-0.15, -0.1) is 0 Å². The second kappa shape index (κ2) is 12.5. The van der Waals surface area contributed by atoms with Crippen molar-refractivity contribution < 1.29 is 21.6 Å². The fourth-order valence-corrected chi connectivity index (χ4v) is 7.29. The van der Waals surface area contributed by atoms with Gasteiger partial charge in [0.05, 0.1) is 22.3 Å². The molecule has 3 aromatic rings. The highest BCUT2D eigenvalue weighted by molar-refractivity contribution is 7.92. The number of hydrogen-bond acceptors (Lipinski definition) is 5. The van der Waals surface area contributed by atoms with Crippen LogP contribution in [0.1, 0.15) is 30.4 Å². The van der Waals surface area contributed by atoms with Crippen LogP contribution in [0.4, 0.5) is 11.4 Å². The predicted molar refractivity (Wildman–Crippen MR) is 155 cm³/mol. The lowest BCUT2D eigenvalue weighted by atomic mass is 9.99. The Morgan fingerprint density at radius 2 is 1.67 bits per heavy atom. The number of rotatable bonds is 10. The van der Waals surface area contributed by atoms with Crippen LogP contribution in [0.25, 0.3) is 0 Å². The number of hydrogen-bond donors (Lipinski definition) is 2. The van der Waals surface area contributed by atoms with E-state index in [1.807, 2.05) is 37.3 Å². The molecule has 11 heteroatoms. The molecule has 0 unspecified atom stereocenters. The van der Waals surface area contributed by atoms with Gasteiger partial charge in [0, 0.05) is 23.8 Å². The number of amides is 1. The molecule has 1 heterocycles. The van der Waals surface area contributed by atoms with Crippen LogP contribution in [0.3, 0.4) is 0 Å². The van der Waals surface area contributed by atoms with Crippen LogP contribution >= 0.6 is 11.6 Å². The van der Waals surface area contributed by atoms with Gasteiger partial charge in [0.2, 0.25) is 15.9 Å². The maximum Gasteiger partial charge on any atom is 0.261 e. The van der Waals surface area contributed by atoms with Crippen molar-refractivity contribution in [3.63, 3.8) is 0 Å². The summed E-state index contributed by atoms with van der Waals surface area (Å²) < 4.78 is 55.3. The molecule has 2 N–H and O–H groups in total. The fraction of sp³-hybridized carbons (Fsp3) is 0.321. The molecule has 4 rings (SSSR count). The van der Waals surface area contributed by atoms with E-state index in [9.17, 15) is 21.6 Å². The van der Waals surface area contributed by atoms with Crippen LogP contribution in [0.5, 0.6) is 0 Å². The van der Waals surface area contributed by atoms with E-state index in [1.165, 1.54) is 28.6 Å². The van der Waals surface area contributed by atoms with E-state index in [4.69, 9.17) is 11.6 Å². The second-order valence-corrected chi connectivity index (χ2v) is 13.9. The highest BCUT2D eigenvalue weighted by atomic mass is 35.5. The van der Waals surface area contributed by atoms with Crippen molar-refractivity contribution in [2.24, 2.45) is 5.92 Å². The first kappa shape index (κ1) is 29.1. The SMILES string of the molecule is Cc1ccc(NS(=O)(=O)c2ccc(NC(=O)[C@H]3CCCN(S(=O)(=O)CCCc4ccccc4)C3)cc2)cc1Cl. The molecule has 208 valence electrons. The zero-order chi connectivity index (χ0) is 28.0. The number of carbonyl (C=O) groups is 1. The quantitative estimate of drug-likeness (QED) is 0.343. The minimum atomic E-state index is -3.85. The van der Waals surface area contributed by atoms with Gasteiger partial charge >= 0.3 is 0 Å². The Morgan fingerprint density at radius 1 is 0.974 bits per heavy atom. The van der Waals surface area contributed by atoms with Crippen LogP contribution in [0.15, 0.2) is 77.7 Å². The average Bonchev–Trinajstić information content (AvgIpc) is 2.91. The lowest BCUT2D eigenvalue weighted by Crippen LogP contribution is -2.44. The smallest absolute Gasteiger partial charge is 0.261 e. The zero-order valence-corrected chi connectivity index (χ0v) is 24.0. The Bertz CT molecular complexity index is 1510. The summed E-state index contributed by atoms with van der Waals surface area (Å²) in [6.45, 7) is 2.36. The summed E-state index contributed by atoms with van der Waals surface area (Å²) in [4.78, 5) is 13.0. The van der Waals surface area contributed by atoms with E-state index in [1.54, 1.807) is 18.2 Å². The highest BCUT2D eigenvalue weighted by Crippen LogP contribution is 2.25. The summed E-state index contributed by atoms with van der Waals surface area (Å²) in [5, 5.41) is 3.25. The largest absolute Gasteiger partial charge is 0.326 e. The summed E-state index contributed by atoms with van der Waals surface area (Å²) >= 11 is 6.09. The van der Waals surface area contributed by atoms with Gasteiger partial charge in [0.1, 0.15) is 0 Å². The highest BCUT2D eigenvalue weighted by Gasteiger charge is 2.32. The second-order valence-electron chi connectivity index (χ2n) is 9.69. The van der Waals surface area contributed by atoms with E-state index in [0.29, 0.717) is 48.6 Å². The van der Waals surface area contributed by atoms with E-state index in [2.05, 4.69) is 10.0 Å². The standard InChI is InChI=1S/C28H32ClN3O5S2/c1-21-11-12-25(19-27(21)29)31-39(36,37)26-15-13-24(14-16-26)30-28(33)23-10-5-17-32(20-23)38(34,35)18-6-9-22-7-3-2-4-8-22/h2-4,7-8,11-16,19,23,31H,5-6,9-10,17-18,20H2,1H3,(H,30,33)/t23-/m0/s1. The molecule has 0 radical (unpaired) electrons. The molecule has 1 saturated heterocycles. The van der Waals surface area contributed by atoms with E-state index < -0.39 is 26.0 Å². The van der Waals surface area contributed by atoms with Crippen molar-refractivity contribution in [2.75, 3.05) is 28.9 Å². The monoisotopic (exact) mass is 589 g/mol. The number of nitrogens with one attached hydrogen (secondary N) is 2. The van der Waals surface area contributed by atoms with Crippen molar-refractivity contribution in [1.82, 2.24) is 4.31 Å². The molecular weight excluding hydrogens is 558 g/mol. The Hall–Kier alpha value is -2.92. The molecule has 0 saturated carbocycles. The average molecular weight is 590 g/mol. The number of nitrogens with zero attached hydrogens (tertiary/aromatic N) is 1. The van der Waals surface area contributed by atoms with Gasteiger partial charge in [0.25, 0.3) is 10.0 Å².